The Balaban J connectivity index is 1.55. The summed E-state index contributed by atoms with van der Waals surface area (Å²) in [4.78, 5) is 12.6. The summed E-state index contributed by atoms with van der Waals surface area (Å²) in [5.74, 6) is -0.0401. The Kier molecular flexibility index (Phi) is 6.64. The van der Waals surface area contributed by atoms with Gasteiger partial charge in [0.25, 0.3) is 0 Å². The van der Waals surface area contributed by atoms with Gasteiger partial charge in [-0.1, -0.05) is 72.3 Å². The summed E-state index contributed by atoms with van der Waals surface area (Å²) >= 11 is 6.50. The van der Waals surface area contributed by atoms with Crippen LogP contribution in [0.3, 0.4) is 0 Å². The first kappa shape index (κ1) is 20.4. The zero-order chi connectivity index (χ0) is 20.8. The quantitative estimate of drug-likeness (QED) is 0.480. The number of carbonyl (C=O) groups is 1. The second-order valence-electron chi connectivity index (χ2n) is 6.79. The number of halogens is 1. The Labute approximate surface area is 180 Å². The summed E-state index contributed by atoms with van der Waals surface area (Å²) in [6.45, 7) is 1.43. The molecule has 30 heavy (non-hydrogen) atoms. The minimum Gasteiger partial charge on any atom is -0.487 e. The minimum atomic E-state index is -0.643. The zero-order valence-corrected chi connectivity index (χ0v) is 17.0. The molecule has 5 nitrogen and oxygen atoms in total. The number of hydrogen-bond donors (Lipinski definition) is 0. The van der Waals surface area contributed by atoms with E-state index in [1.54, 1.807) is 12.1 Å². The van der Waals surface area contributed by atoms with Crippen LogP contribution in [0.2, 0.25) is 5.02 Å². The predicted molar refractivity (Wildman–Crippen MR) is 112 cm³/mol. The number of benzene rings is 3. The average Bonchev–Trinajstić information content (AvgIpc) is 3.32. The van der Waals surface area contributed by atoms with Gasteiger partial charge in [-0.15, -0.1) is 0 Å². The van der Waals surface area contributed by atoms with Gasteiger partial charge in [0.05, 0.1) is 29.4 Å². The van der Waals surface area contributed by atoms with Gasteiger partial charge in [-0.25, -0.2) is 4.79 Å². The Morgan fingerprint density at radius 3 is 2.13 bits per heavy atom. The third-order valence-electron chi connectivity index (χ3n) is 4.62. The maximum absolute atomic E-state index is 12.6. The Hall–Kier alpha value is -2.86. The van der Waals surface area contributed by atoms with Gasteiger partial charge in [0, 0.05) is 0 Å². The average molecular weight is 425 g/mol. The molecule has 0 unspecified atom stereocenters. The fraction of sp³-hybridized carbons (Fsp3) is 0.208. The van der Waals surface area contributed by atoms with Crippen molar-refractivity contribution in [2.75, 3.05) is 13.2 Å². The molecule has 0 bridgehead atoms. The van der Waals surface area contributed by atoms with Crippen molar-refractivity contribution in [3.63, 3.8) is 0 Å². The highest BCUT2D eigenvalue weighted by Crippen LogP contribution is 2.38. The molecule has 0 amide bonds. The summed E-state index contributed by atoms with van der Waals surface area (Å²) in [7, 11) is 0. The van der Waals surface area contributed by atoms with Gasteiger partial charge in [-0.2, -0.15) is 0 Å². The molecule has 1 heterocycles. The van der Waals surface area contributed by atoms with E-state index >= 15 is 0 Å². The molecule has 0 atom stereocenters. The number of carbonyl (C=O) groups excluding carboxylic acids is 1. The second kappa shape index (κ2) is 9.76. The van der Waals surface area contributed by atoms with Crippen molar-refractivity contribution in [3.8, 4) is 5.75 Å². The van der Waals surface area contributed by atoms with Crippen molar-refractivity contribution in [1.82, 2.24) is 0 Å². The fourth-order valence-electron chi connectivity index (χ4n) is 3.13. The number of esters is 1. The molecular weight excluding hydrogens is 404 g/mol. The molecule has 3 aromatic carbocycles. The smallest absolute Gasteiger partial charge is 0.338 e. The Bertz CT molecular complexity index is 985. The summed E-state index contributed by atoms with van der Waals surface area (Å²) in [5.41, 5.74) is 2.79. The molecule has 0 spiro atoms. The minimum absolute atomic E-state index is 0.176. The lowest BCUT2D eigenvalue weighted by Crippen LogP contribution is -2.10. The van der Waals surface area contributed by atoms with Crippen LogP contribution in [0.4, 0.5) is 0 Å². The Morgan fingerprint density at radius 1 is 0.900 bits per heavy atom. The molecule has 1 fully saturated rings. The molecule has 4 rings (SSSR count). The van der Waals surface area contributed by atoms with Crippen LogP contribution in [-0.4, -0.2) is 19.2 Å². The maximum Gasteiger partial charge on any atom is 0.338 e. The van der Waals surface area contributed by atoms with Gasteiger partial charge in [0.2, 0.25) is 0 Å². The fourth-order valence-corrected chi connectivity index (χ4v) is 3.42. The van der Waals surface area contributed by atoms with Crippen LogP contribution in [0.15, 0.2) is 72.8 Å². The van der Waals surface area contributed by atoms with Crippen LogP contribution in [0.25, 0.3) is 0 Å². The number of ether oxygens (including phenoxy) is 4. The molecular formula is C24H21ClO5. The summed E-state index contributed by atoms with van der Waals surface area (Å²) < 4.78 is 22.7. The molecule has 1 saturated heterocycles. The van der Waals surface area contributed by atoms with Gasteiger partial charge in [-0.05, 0) is 23.3 Å². The second-order valence-corrected chi connectivity index (χ2v) is 7.19. The van der Waals surface area contributed by atoms with Crippen LogP contribution < -0.4 is 4.74 Å². The third-order valence-corrected chi connectivity index (χ3v) is 4.90. The molecule has 0 aromatic heterocycles. The molecule has 0 aliphatic carbocycles. The number of rotatable bonds is 7. The lowest BCUT2D eigenvalue weighted by atomic mass is 10.1. The van der Waals surface area contributed by atoms with Gasteiger partial charge in [0.1, 0.15) is 19.0 Å². The van der Waals surface area contributed by atoms with Gasteiger partial charge in [-0.3, -0.25) is 0 Å². The first-order chi connectivity index (χ1) is 14.7. The molecule has 1 aliphatic rings. The first-order valence-electron chi connectivity index (χ1n) is 9.65. The van der Waals surface area contributed by atoms with E-state index in [1.807, 2.05) is 60.7 Å². The normalized spacial score (nSPS) is 13.9. The van der Waals surface area contributed by atoms with E-state index in [-0.39, 0.29) is 6.61 Å². The monoisotopic (exact) mass is 424 g/mol. The lowest BCUT2D eigenvalue weighted by Gasteiger charge is -2.18. The summed E-state index contributed by atoms with van der Waals surface area (Å²) in [6.07, 6.45) is -0.643. The summed E-state index contributed by atoms with van der Waals surface area (Å²) in [6, 6.07) is 22.5. The van der Waals surface area contributed by atoms with Crippen molar-refractivity contribution in [3.05, 3.63) is 100 Å². The molecule has 0 N–H and O–H groups in total. The largest absolute Gasteiger partial charge is 0.487 e. The molecule has 6 heteroatoms. The molecule has 1 aliphatic heterocycles. The van der Waals surface area contributed by atoms with Crippen molar-refractivity contribution in [2.24, 2.45) is 0 Å². The van der Waals surface area contributed by atoms with E-state index in [9.17, 15) is 4.79 Å². The molecule has 3 aromatic rings. The van der Waals surface area contributed by atoms with E-state index < -0.39 is 12.3 Å². The van der Waals surface area contributed by atoms with E-state index in [2.05, 4.69) is 0 Å². The van der Waals surface area contributed by atoms with Crippen LogP contribution in [-0.2, 0) is 27.4 Å². The van der Waals surface area contributed by atoms with E-state index in [1.165, 1.54) is 0 Å². The summed E-state index contributed by atoms with van der Waals surface area (Å²) in [5, 5.41) is 0.300. The van der Waals surface area contributed by atoms with Crippen LogP contribution in [0.5, 0.6) is 5.75 Å². The van der Waals surface area contributed by atoms with Crippen LogP contribution >= 0.6 is 11.6 Å². The zero-order valence-electron chi connectivity index (χ0n) is 16.3. The first-order valence-corrected chi connectivity index (χ1v) is 10.0. The van der Waals surface area contributed by atoms with E-state index in [4.69, 9.17) is 30.5 Å². The topological polar surface area (TPSA) is 54.0 Å². The van der Waals surface area contributed by atoms with E-state index in [0.717, 1.165) is 11.1 Å². The maximum atomic E-state index is 12.6. The van der Waals surface area contributed by atoms with E-state index in [0.29, 0.717) is 41.7 Å². The molecule has 0 saturated carbocycles. The van der Waals surface area contributed by atoms with Crippen LogP contribution in [0, 0.1) is 0 Å². The highest BCUT2D eigenvalue weighted by atomic mass is 35.5. The number of hydrogen-bond acceptors (Lipinski definition) is 5. The van der Waals surface area contributed by atoms with Crippen molar-refractivity contribution in [1.29, 1.82) is 0 Å². The molecule has 0 radical (unpaired) electrons. The molecule has 154 valence electrons. The lowest BCUT2D eigenvalue weighted by molar-refractivity contribution is -0.0459. The van der Waals surface area contributed by atoms with Crippen molar-refractivity contribution in [2.45, 2.75) is 19.5 Å². The SMILES string of the molecule is O=C(OCc1ccccc1)c1cc(Cl)c(OCc2ccccc2)c(C2OCCO2)c1. The van der Waals surface area contributed by atoms with Gasteiger partial charge in [0.15, 0.2) is 6.29 Å². The Morgan fingerprint density at radius 2 is 1.50 bits per heavy atom. The predicted octanol–water partition coefficient (Wildman–Crippen LogP) is 5.32. The van der Waals surface area contributed by atoms with Gasteiger partial charge >= 0.3 is 5.97 Å². The van der Waals surface area contributed by atoms with Crippen LogP contribution in [0.1, 0.15) is 33.3 Å². The van der Waals surface area contributed by atoms with Crippen molar-refractivity contribution >= 4 is 17.6 Å². The standard InChI is InChI=1S/C24H21ClO5/c25-21-14-19(23(26)30-16-18-9-5-2-6-10-18)13-20(24-27-11-12-28-24)22(21)29-15-17-7-3-1-4-8-17/h1-10,13-14,24H,11-12,15-16H2. The van der Waals surface area contributed by atoms with Crippen molar-refractivity contribution < 1.29 is 23.7 Å². The highest BCUT2D eigenvalue weighted by molar-refractivity contribution is 6.32. The van der Waals surface area contributed by atoms with Gasteiger partial charge < -0.3 is 18.9 Å². The highest BCUT2D eigenvalue weighted by Gasteiger charge is 2.26. The third kappa shape index (κ3) is 5.00.